The van der Waals surface area contributed by atoms with Crippen molar-refractivity contribution in [3.63, 3.8) is 0 Å². The molecule has 0 bridgehead atoms. The first-order valence-electron chi connectivity index (χ1n) is 6.17. The van der Waals surface area contributed by atoms with Crippen molar-refractivity contribution in [2.75, 3.05) is 18.0 Å². The molecule has 0 saturated carbocycles. The molecule has 0 aromatic heterocycles. The smallest absolute Gasteiger partial charge is 0.227 e. The Kier molecular flexibility index (Phi) is 4.68. The lowest BCUT2D eigenvalue weighted by Gasteiger charge is -2.18. The molecule has 6 heteroatoms. The number of rotatable bonds is 4. The molecule has 0 aliphatic carbocycles. The molecule has 1 aliphatic rings. The Morgan fingerprint density at radius 1 is 1.50 bits per heavy atom. The third-order valence-corrected chi connectivity index (χ3v) is 3.65. The second kappa shape index (κ2) is 6.29. The first-order valence-corrected chi connectivity index (χ1v) is 6.92. The maximum absolute atomic E-state index is 12.0. The van der Waals surface area contributed by atoms with Gasteiger partial charge in [0, 0.05) is 24.5 Å². The van der Waals surface area contributed by atoms with Crippen LogP contribution in [0.2, 0.25) is 10.0 Å². The lowest BCUT2D eigenvalue weighted by atomic mass is 10.1. The second-order valence-corrected chi connectivity index (χ2v) is 5.38. The number of nitrogens with one attached hydrogen (secondary N) is 1. The van der Waals surface area contributed by atoms with Gasteiger partial charge in [0.1, 0.15) is 0 Å². The van der Waals surface area contributed by atoms with Crippen LogP contribution in [0.1, 0.15) is 6.42 Å². The summed E-state index contributed by atoms with van der Waals surface area (Å²) in [7, 11) is 0. The molecule has 2 amide bonds. The molecule has 20 heavy (non-hydrogen) atoms. The maximum Gasteiger partial charge on any atom is 0.227 e. The molecule has 4 nitrogen and oxygen atoms in total. The summed E-state index contributed by atoms with van der Waals surface area (Å²) in [6.45, 7) is 4.25. The molecule has 1 fully saturated rings. The normalized spacial score (nSPS) is 18.2. The molecule has 0 radical (unpaired) electrons. The van der Waals surface area contributed by atoms with Crippen molar-refractivity contribution in [1.29, 1.82) is 0 Å². The van der Waals surface area contributed by atoms with Crippen molar-refractivity contribution in [1.82, 2.24) is 5.32 Å². The third-order valence-electron chi connectivity index (χ3n) is 3.12. The van der Waals surface area contributed by atoms with E-state index >= 15 is 0 Å². The highest BCUT2D eigenvalue weighted by atomic mass is 35.5. The fourth-order valence-corrected chi connectivity index (χ4v) is 2.64. The highest BCUT2D eigenvalue weighted by molar-refractivity contribution is 6.36. The van der Waals surface area contributed by atoms with Crippen molar-refractivity contribution < 1.29 is 9.59 Å². The number of halogens is 2. The van der Waals surface area contributed by atoms with Gasteiger partial charge < -0.3 is 10.2 Å². The summed E-state index contributed by atoms with van der Waals surface area (Å²) in [5, 5.41) is 3.61. The fourth-order valence-electron chi connectivity index (χ4n) is 2.13. The molecule has 1 N–H and O–H groups in total. The quantitative estimate of drug-likeness (QED) is 0.869. The minimum Gasteiger partial charge on any atom is -0.352 e. The Bertz CT molecular complexity index is 560. The average Bonchev–Trinajstić information content (AvgIpc) is 2.78. The van der Waals surface area contributed by atoms with Crippen molar-refractivity contribution >= 4 is 40.7 Å². The van der Waals surface area contributed by atoms with Crippen LogP contribution < -0.4 is 10.2 Å². The van der Waals surface area contributed by atoms with Gasteiger partial charge in [-0.1, -0.05) is 29.3 Å². The van der Waals surface area contributed by atoms with E-state index in [-0.39, 0.29) is 24.2 Å². The summed E-state index contributed by atoms with van der Waals surface area (Å²) in [5.41, 5.74) is 0.583. The van der Waals surface area contributed by atoms with Gasteiger partial charge in [-0.2, -0.15) is 0 Å². The Hall–Kier alpha value is -1.52. The topological polar surface area (TPSA) is 49.4 Å². The summed E-state index contributed by atoms with van der Waals surface area (Å²) in [6.07, 6.45) is 1.78. The minimum absolute atomic E-state index is 0.118. The Morgan fingerprint density at radius 3 is 2.90 bits per heavy atom. The Labute approximate surface area is 127 Å². The van der Waals surface area contributed by atoms with E-state index in [4.69, 9.17) is 23.2 Å². The van der Waals surface area contributed by atoms with Crippen molar-refractivity contribution in [3.05, 3.63) is 40.9 Å². The molecule has 1 heterocycles. The van der Waals surface area contributed by atoms with Gasteiger partial charge in [0.2, 0.25) is 11.8 Å². The maximum atomic E-state index is 12.0. The van der Waals surface area contributed by atoms with Crippen LogP contribution in [0.5, 0.6) is 0 Å². The molecule has 1 saturated heterocycles. The number of anilines is 1. The van der Waals surface area contributed by atoms with E-state index in [1.54, 1.807) is 24.3 Å². The van der Waals surface area contributed by atoms with Crippen LogP contribution in [0, 0.1) is 5.92 Å². The number of carbonyl (C=O) groups excluding carboxylic acids is 2. The minimum atomic E-state index is -0.366. The summed E-state index contributed by atoms with van der Waals surface area (Å²) in [6, 6.07) is 4.94. The first-order chi connectivity index (χ1) is 9.52. The predicted molar refractivity (Wildman–Crippen MR) is 80.1 cm³/mol. The lowest BCUT2D eigenvalue weighted by molar-refractivity contribution is -0.126. The van der Waals surface area contributed by atoms with Crippen molar-refractivity contribution in [3.8, 4) is 0 Å². The molecule has 0 spiro atoms. The Morgan fingerprint density at radius 2 is 2.25 bits per heavy atom. The van der Waals surface area contributed by atoms with E-state index in [0.717, 1.165) is 0 Å². The van der Waals surface area contributed by atoms with E-state index in [1.165, 1.54) is 4.90 Å². The lowest BCUT2D eigenvalue weighted by Crippen LogP contribution is -2.33. The molecule has 2 rings (SSSR count). The van der Waals surface area contributed by atoms with Gasteiger partial charge in [0.15, 0.2) is 0 Å². The first kappa shape index (κ1) is 14.9. The van der Waals surface area contributed by atoms with E-state index < -0.39 is 0 Å². The number of nitrogens with zero attached hydrogens (tertiary/aromatic N) is 1. The van der Waals surface area contributed by atoms with Crippen LogP contribution in [0.4, 0.5) is 5.69 Å². The summed E-state index contributed by atoms with van der Waals surface area (Å²) < 4.78 is 0. The molecule has 1 unspecified atom stereocenters. The summed E-state index contributed by atoms with van der Waals surface area (Å²) in [4.78, 5) is 25.4. The van der Waals surface area contributed by atoms with E-state index in [1.807, 2.05) is 0 Å². The largest absolute Gasteiger partial charge is 0.352 e. The monoisotopic (exact) mass is 312 g/mol. The van der Waals surface area contributed by atoms with Gasteiger partial charge in [-0.25, -0.2) is 0 Å². The van der Waals surface area contributed by atoms with Gasteiger partial charge in [-0.3, -0.25) is 9.59 Å². The van der Waals surface area contributed by atoms with Gasteiger partial charge >= 0.3 is 0 Å². The van der Waals surface area contributed by atoms with Crippen LogP contribution in [0.15, 0.2) is 30.9 Å². The van der Waals surface area contributed by atoms with Crippen LogP contribution in [0.25, 0.3) is 0 Å². The molecule has 1 atom stereocenters. The zero-order valence-corrected chi connectivity index (χ0v) is 12.2. The van der Waals surface area contributed by atoms with Crippen molar-refractivity contribution in [2.45, 2.75) is 6.42 Å². The molecule has 1 aromatic carbocycles. The van der Waals surface area contributed by atoms with E-state index in [2.05, 4.69) is 11.9 Å². The number of hydrogen-bond acceptors (Lipinski definition) is 2. The highest BCUT2D eigenvalue weighted by Gasteiger charge is 2.35. The summed E-state index contributed by atoms with van der Waals surface area (Å²) >= 11 is 11.9. The van der Waals surface area contributed by atoms with Gasteiger partial charge in [-0.05, 0) is 18.2 Å². The van der Waals surface area contributed by atoms with Crippen LogP contribution in [0.3, 0.4) is 0 Å². The molecule has 1 aromatic rings. The molecular weight excluding hydrogens is 299 g/mol. The fraction of sp³-hybridized carbons (Fsp3) is 0.286. The van der Waals surface area contributed by atoms with Crippen LogP contribution in [-0.2, 0) is 9.59 Å². The SMILES string of the molecule is C=CCNC(=O)C1CC(=O)N(c2ccc(Cl)cc2Cl)C1. The standard InChI is InChI=1S/C14H14Cl2N2O2/c1-2-5-17-14(20)9-6-13(19)18(8-9)12-4-3-10(15)7-11(12)16/h2-4,7,9H,1,5-6,8H2,(H,17,20). The Balaban J connectivity index is 2.13. The predicted octanol–water partition coefficient (Wildman–Crippen LogP) is 2.65. The van der Waals surface area contributed by atoms with Gasteiger partial charge in [0.05, 0.1) is 16.6 Å². The molecule has 106 valence electrons. The highest BCUT2D eigenvalue weighted by Crippen LogP contribution is 2.33. The summed E-state index contributed by atoms with van der Waals surface area (Å²) in [5.74, 6) is -0.631. The molecular formula is C14H14Cl2N2O2. The van der Waals surface area contributed by atoms with Gasteiger partial charge in [0.25, 0.3) is 0 Å². The number of hydrogen-bond donors (Lipinski definition) is 1. The van der Waals surface area contributed by atoms with Crippen LogP contribution in [-0.4, -0.2) is 24.9 Å². The van der Waals surface area contributed by atoms with Gasteiger partial charge in [-0.15, -0.1) is 6.58 Å². The van der Waals surface area contributed by atoms with E-state index in [0.29, 0.717) is 28.8 Å². The second-order valence-electron chi connectivity index (χ2n) is 4.53. The zero-order valence-electron chi connectivity index (χ0n) is 10.7. The average molecular weight is 313 g/mol. The van der Waals surface area contributed by atoms with E-state index in [9.17, 15) is 9.59 Å². The number of amides is 2. The molecule has 1 aliphatic heterocycles. The number of benzene rings is 1. The van der Waals surface area contributed by atoms with Crippen LogP contribution >= 0.6 is 23.2 Å². The number of carbonyl (C=O) groups is 2. The van der Waals surface area contributed by atoms with Crippen molar-refractivity contribution in [2.24, 2.45) is 5.92 Å². The third kappa shape index (κ3) is 3.14. The zero-order chi connectivity index (χ0) is 14.7.